The Balaban J connectivity index is 2.47. The zero-order valence-electron chi connectivity index (χ0n) is 15.4. The summed E-state index contributed by atoms with van der Waals surface area (Å²) in [5.41, 5.74) is 0.228. The molecule has 0 atom stereocenters. The summed E-state index contributed by atoms with van der Waals surface area (Å²) in [6, 6.07) is 10.6. The Morgan fingerprint density at radius 2 is 1.57 bits per heavy atom. The van der Waals surface area contributed by atoms with Crippen LogP contribution in [0.4, 0.5) is 0 Å². The number of carbonyl (C=O) groups is 3. The van der Waals surface area contributed by atoms with E-state index in [2.05, 4.69) is 4.74 Å². The van der Waals surface area contributed by atoms with Crippen LogP contribution in [0, 0.1) is 0 Å². The summed E-state index contributed by atoms with van der Waals surface area (Å²) in [6.07, 6.45) is 1.29. The molecule has 8 heteroatoms. The summed E-state index contributed by atoms with van der Waals surface area (Å²) in [4.78, 5) is 35.1. The average molecular weight is 386 g/mol. The number of hydrogen-bond acceptors (Lipinski definition) is 8. The van der Waals surface area contributed by atoms with Crippen molar-refractivity contribution >= 4 is 24.0 Å². The first kappa shape index (κ1) is 20.5. The normalized spacial score (nSPS) is 10.8. The maximum atomic E-state index is 12.1. The molecular weight excluding hydrogens is 368 g/mol. The van der Waals surface area contributed by atoms with Crippen LogP contribution in [0.1, 0.15) is 22.8 Å². The minimum atomic E-state index is -0.847. The molecule has 0 bridgehead atoms. The second-order valence-electron chi connectivity index (χ2n) is 5.38. The van der Waals surface area contributed by atoms with E-state index in [-0.39, 0.29) is 22.8 Å². The Labute approximate surface area is 160 Å². The van der Waals surface area contributed by atoms with Gasteiger partial charge in [-0.05, 0) is 24.3 Å². The van der Waals surface area contributed by atoms with Crippen LogP contribution in [0.2, 0.25) is 0 Å². The SMILES string of the molecule is COC(=O)/C(=C/c1ccccc1OC(C)=O)Oc1cccc(C(=O)OC)c1O. The maximum absolute atomic E-state index is 12.1. The Kier molecular flexibility index (Phi) is 6.75. The van der Waals surface area contributed by atoms with Gasteiger partial charge in [-0.15, -0.1) is 0 Å². The van der Waals surface area contributed by atoms with E-state index in [1.165, 1.54) is 44.4 Å². The zero-order valence-corrected chi connectivity index (χ0v) is 15.4. The number of hydrogen-bond donors (Lipinski definition) is 1. The lowest BCUT2D eigenvalue weighted by molar-refractivity contribution is -0.138. The number of ether oxygens (including phenoxy) is 4. The summed E-state index contributed by atoms with van der Waals surface area (Å²) in [5, 5.41) is 10.3. The van der Waals surface area contributed by atoms with E-state index in [1.54, 1.807) is 18.2 Å². The number of carbonyl (C=O) groups excluding carboxylic acids is 3. The Hall–Kier alpha value is -3.81. The fourth-order valence-electron chi connectivity index (χ4n) is 2.22. The minimum absolute atomic E-state index is 0.135. The molecule has 0 amide bonds. The van der Waals surface area contributed by atoms with Gasteiger partial charge in [0.2, 0.25) is 5.76 Å². The van der Waals surface area contributed by atoms with Crippen LogP contribution >= 0.6 is 0 Å². The number of para-hydroxylation sites is 2. The molecule has 8 nitrogen and oxygen atoms in total. The van der Waals surface area contributed by atoms with Crippen LogP contribution < -0.4 is 9.47 Å². The smallest absolute Gasteiger partial charge is 0.373 e. The largest absolute Gasteiger partial charge is 0.504 e. The van der Waals surface area contributed by atoms with Gasteiger partial charge < -0.3 is 24.1 Å². The molecule has 0 radical (unpaired) electrons. The van der Waals surface area contributed by atoms with E-state index in [0.29, 0.717) is 5.56 Å². The highest BCUT2D eigenvalue weighted by Gasteiger charge is 2.20. The van der Waals surface area contributed by atoms with Crippen LogP contribution in [0.3, 0.4) is 0 Å². The Morgan fingerprint density at radius 3 is 2.21 bits per heavy atom. The van der Waals surface area contributed by atoms with Crippen molar-refractivity contribution in [2.24, 2.45) is 0 Å². The molecule has 0 heterocycles. The van der Waals surface area contributed by atoms with Crippen molar-refractivity contribution in [2.75, 3.05) is 14.2 Å². The van der Waals surface area contributed by atoms with Gasteiger partial charge >= 0.3 is 17.9 Å². The molecular formula is C20H18O8. The van der Waals surface area contributed by atoms with E-state index in [4.69, 9.17) is 14.2 Å². The molecule has 0 fully saturated rings. The second-order valence-corrected chi connectivity index (χ2v) is 5.38. The van der Waals surface area contributed by atoms with Crippen LogP contribution in [0.5, 0.6) is 17.2 Å². The number of methoxy groups -OCH3 is 2. The number of esters is 3. The highest BCUT2D eigenvalue weighted by molar-refractivity contribution is 5.95. The van der Waals surface area contributed by atoms with E-state index in [0.717, 1.165) is 7.11 Å². The van der Waals surface area contributed by atoms with Gasteiger partial charge in [-0.1, -0.05) is 24.3 Å². The maximum Gasteiger partial charge on any atom is 0.373 e. The summed E-state index contributed by atoms with van der Waals surface area (Å²) in [5.74, 6) is -2.93. The van der Waals surface area contributed by atoms with E-state index < -0.39 is 23.7 Å². The first-order valence-corrected chi connectivity index (χ1v) is 8.03. The third-order valence-electron chi connectivity index (χ3n) is 3.47. The molecule has 0 saturated carbocycles. The van der Waals surface area contributed by atoms with E-state index in [1.807, 2.05) is 0 Å². The number of phenolic OH excluding ortho intramolecular Hbond substituents is 1. The molecule has 0 aromatic heterocycles. The van der Waals surface area contributed by atoms with Gasteiger partial charge in [-0.2, -0.15) is 0 Å². The molecule has 2 aromatic carbocycles. The molecule has 0 aliphatic rings. The topological polar surface area (TPSA) is 108 Å². The van der Waals surface area contributed by atoms with Crippen molar-refractivity contribution in [1.29, 1.82) is 0 Å². The van der Waals surface area contributed by atoms with Crippen LogP contribution in [0.15, 0.2) is 48.2 Å². The zero-order chi connectivity index (χ0) is 20.7. The van der Waals surface area contributed by atoms with Crippen LogP contribution in [-0.2, 0) is 19.1 Å². The van der Waals surface area contributed by atoms with Crippen LogP contribution in [0.25, 0.3) is 6.08 Å². The standard InChI is InChI=1S/C20H18O8/c1-12(21)27-15-9-5-4-7-13(15)11-17(20(24)26-3)28-16-10-6-8-14(18(16)22)19(23)25-2/h4-11,22H,1-3H3/b17-11-. The molecule has 28 heavy (non-hydrogen) atoms. The first-order chi connectivity index (χ1) is 13.4. The molecule has 0 aliphatic heterocycles. The Morgan fingerprint density at radius 1 is 0.893 bits per heavy atom. The molecule has 0 unspecified atom stereocenters. The molecule has 0 spiro atoms. The first-order valence-electron chi connectivity index (χ1n) is 8.03. The van der Waals surface area contributed by atoms with Crippen molar-refractivity contribution in [1.82, 2.24) is 0 Å². The highest BCUT2D eigenvalue weighted by atomic mass is 16.6. The fraction of sp³-hybridized carbons (Fsp3) is 0.150. The van der Waals surface area contributed by atoms with Gasteiger partial charge in [0.25, 0.3) is 0 Å². The lowest BCUT2D eigenvalue weighted by Crippen LogP contribution is -2.12. The molecule has 146 valence electrons. The molecule has 1 N–H and O–H groups in total. The summed E-state index contributed by atoms with van der Waals surface area (Å²) < 4.78 is 19.9. The summed E-state index contributed by atoms with van der Waals surface area (Å²) >= 11 is 0. The second kappa shape index (κ2) is 9.22. The van der Waals surface area contributed by atoms with Crippen molar-refractivity contribution in [2.45, 2.75) is 6.92 Å². The third-order valence-corrected chi connectivity index (χ3v) is 3.47. The predicted octanol–water partition coefficient (Wildman–Crippen LogP) is 2.70. The van der Waals surface area contributed by atoms with Gasteiger partial charge in [0.15, 0.2) is 11.5 Å². The fourth-order valence-corrected chi connectivity index (χ4v) is 2.22. The van der Waals surface area contributed by atoms with Gasteiger partial charge in [-0.3, -0.25) is 4.79 Å². The third kappa shape index (κ3) is 4.88. The number of benzene rings is 2. The Bertz CT molecular complexity index is 930. The lowest BCUT2D eigenvalue weighted by Gasteiger charge is -2.12. The van der Waals surface area contributed by atoms with Crippen molar-refractivity contribution in [3.8, 4) is 17.2 Å². The monoisotopic (exact) mass is 386 g/mol. The lowest BCUT2D eigenvalue weighted by atomic mass is 10.1. The molecule has 0 saturated heterocycles. The minimum Gasteiger partial charge on any atom is -0.504 e. The van der Waals surface area contributed by atoms with Crippen molar-refractivity contribution in [3.63, 3.8) is 0 Å². The van der Waals surface area contributed by atoms with Crippen molar-refractivity contribution < 1.29 is 38.4 Å². The van der Waals surface area contributed by atoms with Gasteiger partial charge in [0.1, 0.15) is 11.3 Å². The van der Waals surface area contributed by atoms with Crippen molar-refractivity contribution in [3.05, 3.63) is 59.4 Å². The van der Waals surface area contributed by atoms with E-state index >= 15 is 0 Å². The molecule has 2 rings (SSSR count). The van der Waals surface area contributed by atoms with Crippen LogP contribution in [-0.4, -0.2) is 37.2 Å². The van der Waals surface area contributed by atoms with Gasteiger partial charge in [0, 0.05) is 12.5 Å². The summed E-state index contributed by atoms with van der Waals surface area (Å²) in [6.45, 7) is 1.24. The van der Waals surface area contributed by atoms with Gasteiger partial charge in [0.05, 0.1) is 14.2 Å². The number of aromatic hydroxyl groups is 1. The quantitative estimate of drug-likeness (QED) is 0.349. The van der Waals surface area contributed by atoms with E-state index in [9.17, 15) is 19.5 Å². The average Bonchev–Trinajstić information content (AvgIpc) is 2.68. The molecule has 2 aromatic rings. The highest BCUT2D eigenvalue weighted by Crippen LogP contribution is 2.32. The van der Waals surface area contributed by atoms with Gasteiger partial charge in [-0.25, -0.2) is 9.59 Å². The summed E-state index contributed by atoms with van der Waals surface area (Å²) in [7, 11) is 2.32. The predicted molar refractivity (Wildman–Crippen MR) is 97.8 cm³/mol. The number of phenols is 1. The number of rotatable bonds is 6. The molecule has 0 aliphatic carbocycles.